The van der Waals surface area contributed by atoms with Gasteiger partial charge in [-0.25, -0.2) is 4.98 Å². The molecule has 0 amide bonds. The number of nitriles is 2. The summed E-state index contributed by atoms with van der Waals surface area (Å²) in [5, 5.41) is 35.3. The van der Waals surface area contributed by atoms with Crippen LogP contribution in [0.15, 0.2) is 85.1 Å². The van der Waals surface area contributed by atoms with Gasteiger partial charge in [-0.2, -0.15) is 10.5 Å². The van der Waals surface area contributed by atoms with Crippen LogP contribution in [0.1, 0.15) is 28.3 Å². The minimum Gasteiger partial charge on any atom is -0.508 e. The van der Waals surface area contributed by atoms with E-state index in [2.05, 4.69) is 39.9 Å². The van der Waals surface area contributed by atoms with Crippen LogP contribution in [0.5, 0.6) is 11.6 Å². The molecule has 3 aromatic carbocycles. The van der Waals surface area contributed by atoms with Gasteiger partial charge in [0.15, 0.2) is 0 Å². The second-order valence-corrected chi connectivity index (χ2v) is 8.86. The first-order valence-corrected chi connectivity index (χ1v) is 12.1. The van der Waals surface area contributed by atoms with E-state index >= 15 is 0 Å². The summed E-state index contributed by atoms with van der Waals surface area (Å²) in [7, 11) is 0. The number of benzene rings is 3. The summed E-state index contributed by atoms with van der Waals surface area (Å²) in [4.78, 5) is 4.55. The standard InChI is InChI=1S/C30H25N5O2/c31-16-21-8-6-20(7-9-21)12-13-33-29(22-4-2-1-3-5-22)28-19-34-27-15-24(18-35-30(27)37-28)26-11-10-25(36)14-23(26)17-32/h1-11,14-15,18,28-29,33-34,36H,12-13,19H2/t28-,29+/m0/s1. The van der Waals surface area contributed by atoms with E-state index in [-0.39, 0.29) is 17.9 Å². The predicted octanol–water partition coefficient (Wildman–Crippen LogP) is 4.94. The average Bonchev–Trinajstić information content (AvgIpc) is 2.95. The Hall–Kier alpha value is -4.85. The predicted molar refractivity (Wildman–Crippen MR) is 141 cm³/mol. The fourth-order valence-electron chi connectivity index (χ4n) is 4.52. The highest BCUT2D eigenvalue weighted by atomic mass is 16.5. The third-order valence-electron chi connectivity index (χ3n) is 6.43. The van der Waals surface area contributed by atoms with Crippen molar-refractivity contribution in [2.24, 2.45) is 0 Å². The van der Waals surface area contributed by atoms with Crippen LogP contribution in [0.2, 0.25) is 0 Å². The molecular formula is C30H25N5O2. The monoisotopic (exact) mass is 487 g/mol. The van der Waals surface area contributed by atoms with Crippen LogP contribution in [0.4, 0.5) is 5.69 Å². The number of fused-ring (bicyclic) bond motifs is 1. The molecule has 0 saturated heterocycles. The number of nitrogens with zero attached hydrogens (tertiary/aromatic N) is 3. The highest BCUT2D eigenvalue weighted by molar-refractivity contribution is 5.75. The molecule has 1 aliphatic heterocycles. The summed E-state index contributed by atoms with van der Waals surface area (Å²) in [6.07, 6.45) is 2.31. The third kappa shape index (κ3) is 5.38. The molecule has 7 heteroatoms. The molecule has 2 atom stereocenters. The maximum atomic E-state index is 9.71. The van der Waals surface area contributed by atoms with Crippen LogP contribution in [0, 0.1) is 22.7 Å². The van der Waals surface area contributed by atoms with E-state index in [0.29, 0.717) is 29.1 Å². The van der Waals surface area contributed by atoms with Crippen molar-refractivity contribution in [2.75, 3.05) is 18.4 Å². The Bertz CT molecular complexity index is 1470. The van der Waals surface area contributed by atoms with Crippen molar-refractivity contribution in [3.8, 4) is 34.9 Å². The SMILES string of the molecule is N#Cc1ccc(CCN[C@H](c2ccccc2)[C@@H]2CNc3cc(-c4ccc(O)cc4C#N)cnc3O2)cc1. The molecule has 0 radical (unpaired) electrons. The lowest BCUT2D eigenvalue weighted by molar-refractivity contribution is 0.150. The Morgan fingerprint density at radius 3 is 2.59 bits per heavy atom. The number of aromatic hydroxyl groups is 1. The molecule has 0 spiro atoms. The number of phenolic OH excluding ortho intramolecular Hbond substituents is 1. The molecule has 0 saturated carbocycles. The van der Waals surface area contributed by atoms with Crippen molar-refractivity contribution in [1.82, 2.24) is 10.3 Å². The zero-order chi connectivity index (χ0) is 25.6. The molecule has 182 valence electrons. The summed E-state index contributed by atoms with van der Waals surface area (Å²) in [5.74, 6) is 0.557. The number of aromatic nitrogens is 1. The van der Waals surface area contributed by atoms with E-state index in [1.165, 1.54) is 6.07 Å². The summed E-state index contributed by atoms with van der Waals surface area (Å²) in [5.41, 5.74) is 5.55. The Morgan fingerprint density at radius 2 is 1.84 bits per heavy atom. The first-order valence-electron chi connectivity index (χ1n) is 12.1. The van der Waals surface area contributed by atoms with E-state index in [1.807, 2.05) is 48.5 Å². The Balaban J connectivity index is 1.33. The molecule has 0 unspecified atom stereocenters. The summed E-state index contributed by atoms with van der Waals surface area (Å²) >= 11 is 0. The van der Waals surface area contributed by atoms with E-state index in [4.69, 9.17) is 10.00 Å². The van der Waals surface area contributed by atoms with E-state index < -0.39 is 0 Å². The van der Waals surface area contributed by atoms with E-state index in [0.717, 1.165) is 35.3 Å². The average molecular weight is 488 g/mol. The molecule has 5 rings (SSSR count). The molecule has 0 aliphatic carbocycles. The largest absolute Gasteiger partial charge is 0.508 e. The van der Waals surface area contributed by atoms with Crippen LogP contribution in [0.25, 0.3) is 11.1 Å². The smallest absolute Gasteiger partial charge is 0.237 e. The van der Waals surface area contributed by atoms with Crippen molar-refractivity contribution in [3.05, 3.63) is 107 Å². The summed E-state index contributed by atoms with van der Waals surface area (Å²) in [6, 6.07) is 28.7. The van der Waals surface area contributed by atoms with Crippen LogP contribution in [0.3, 0.4) is 0 Å². The van der Waals surface area contributed by atoms with Gasteiger partial charge < -0.3 is 20.5 Å². The van der Waals surface area contributed by atoms with Gasteiger partial charge in [-0.05, 0) is 60.5 Å². The lowest BCUT2D eigenvalue weighted by Crippen LogP contribution is -2.43. The second kappa shape index (κ2) is 10.8. The highest BCUT2D eigenvalue weighted by Gasteiger charge is 2.29. The lowest BCUT2D eigenvalue weighted by atomic mass is 9.99. The number of anilines is 1. The van der Waals surface area contributed by atoms with Gasteiger partial charge in [0.1, 0.15) is 11.9 Å². The molecule has 37 heavy (non-hydrogen) atoms. The summed E-state index contributed by atoms with van der Waals surface area (Å²) < 4.78 is 6.37. The highest BCUT2D eigenvalue weighted by Crippen LogP contribution is 2.35. The van der Waals surface area contributed by atoms with E-state index in [9.17, 15) is 10.4 Å². The van der Waals surface area contributed by atoms with Crippen molar-refractivity contribution in [2.45, 2.75) is 18.6 Å². The van der Waals surface area contributed by atoms with Gasteiger partial charge >= 0.3 is 0 Å². The van der Waals surface area contributed by atoms with Crippen LogP contribution < -0.4 is 15.4 Å². The molecule has 0 fully saturated rings. The minimum absolute atomic E-state index is 0.0501. The minimum atomic E-state index is -0.197. The molecule has 4 aromatic rings. The van der Waals surface area contributed by atoms with Crippen LogP contribution in [-0.4, -0.2) is 29.3 Å². The number of phenols is 1. The van der Waals surface area contributed by atoms with Gasteiger partial charge in [0.05, 0.1) is 41.5 Å². The zero-order valence-corrected chi connectivity index (χ0v) is 20.1. The number of hydrogen-bond donors (Lipinski definition) is 3. The van der Waals surface area contributed by atoms with Crippen molar-refractivity contribution >= 4 is 5.69 Å². The topological polar surface area (TPSA) is 114 Å². The first-order chi connectivity index (χ1) is 18.1. The maximum absolute atomic E-state index is 9.71. The molecule has 7 nitrogen and oxygen atoms in total. The van der Waals surface area contributed by atoms with Gasteiger partial charge in [-0.15, -0.1) is 0 Å². The molecule has 3 N–H and O–H groups in total. The van der Waals surface area contributed by atoms with E-state index in [1.54, 1.807) is 18.3 Å². The fraction of sp³-hybridized carbons (Fsp3) is 0.167. The van der Waals surface area contributed by atoms with Gasteiger partial charge in [-0.3, -0.25) is 0 Å². The normalized spacial score (nSPS) is 14.8. The van der Waals surface area contributed by atoms with Gasteiger partial charge in [0.25, 0.3) is 0 Å². The first kappa shape index (κ1) is 23.9. The second-order valence-electron chi connectivity index (χ2n) is 8.86. The fourth-order valence-corrected chi connectivity index (χ4v) is 4.52. The lowest BCUT2D eigenvalue weighted by Gasteiger charge is -2.33. The molecule has 0 bridgehead atoms. The van der Waals surface area contributed by atoms with Gasteiger partial charge in [-0.1, -0.05) is 42.5 Å². The van der Waals surface area contributed by atoms with Gasteiger partial charge in [0, 0.05) is 17.3 Å². The number of hydrogen-bond acceptors (Lipinski definition) is 7. The Morgan fingerprint density at radius 1 is 1.03 bits per heavy atom. The van der Waals surface area contributed by atoms with Gasteiger partial charge in [0.2, 0.25) is 5.88 Å². The van der Waals surface area contributed by atoms with Crippen molar-refractivity contribution in [3.63, 3.8) is 0 Å². The molecular weight excluding hydrogens is 462 g/mol. The number of nitrogens with one attached hydrogen (secondary N) is 2. The number of rotatable bonds is 7. The van der Waals surface area contributed by atoms with Crippen LogP contribution in [-0.2, 0) is 6.42 Å². The summed E-state index contributed by atoms with van der Waals surface area (Å²) in [6.45, 7) is 1.31. The zero-order valence-electron chi connectivity index (χ0n) is 20.1. The number of ether oxygens (including phenoxy) is 1. The Kier molecular flexibility index (Phi) is 6.98. The third-order valence-corrected chi connectivity index (χ3v) is 6.43. The maximum Gasteiger partial charge on any atom is 0.237 e. The quantitative estimate of drug-likeness (QED) is 0.338. The van der Waals surface area contributed by atoms with Crippen molar-refractivity contribution < 1.29 is 9.84 Å². The van der Waals surface area contributed by atoms with Crippen LogP contribution >= 0.6 is 0 Å². The van der Waals surface area contributed by atoms with Crippen molar-refractivity contribution in [1.29, 1.82) is 10.5 Å². The molecule has 2 heterocycles. The Labute approximate surface area is 215 Å². The molecule has 1 aromatic heterocycles. The number of pyridine rings is 1. The molecule has 1 aliphatic rings.